The highest BCUT2D eigenvalue weighted by molar-refractivity contribution is 5.70. The molecule has 21 aliphatic heterocycles. The molecule has 21 fully saturated rings. The molecule has 16 bridgehead atoms. The Bertz CT molecular complexity index is 3620. The summed E-state index contributed by atoms with van der Waals surface area (Å²) in [5, 5.41) is 9.07. The number of piperazine rings is 4. The van der Waals surface area contributed by atoms with E-state index in [0.29, 0.717) is 67.1 Å². The molecule has 21 saturated heterocycles. The van der Waals surface area contributed by atoms with Gasteiger partial charge in [-0.2, -0.15) is 0 Å². The SMILES string of the molecule is CC(C)(C)N1C2CCC1CC(C(=O)O)C2.CN(C)C1CC2CCC(C1)N2C(C)(C)C.CN1C2CCC1CC(N(C)C(C)(C)C)C2.CN1C2CCC1CN(C(C)(C)C)C2.CN1CC2CC(C1)CN(CC(C)(C)C)C2.CN1CC2CC1CN2C(C)(C)C.CN1CC2CCC(C1)N2C(C)(C)C.CN1CC2CCC1CN2C(C)(C)C.CN1CC2CN(C(C)(C)C)CC2C1.CN1CCC2(CC1)CCN(CC(C)(C)C)CC2. The van der Waals surface area contributed by atoms with E-state index in [4.69, 9.17) is 5.11 Å². The van der Waals surface area contributed by atoms with Crippen LogP contribution in [0.5, 0.6) is 0 Å². The molecule has 0 saturated carbocycles. The average molecular weight is 1980 g/mol. The van der Waals surface area contributed by atoms with Crippen LogP contribution in [-0.2, 0) is 4.79 Å². The van der Waals surface area contributed by atoms with Crippen molar-refractivity contribution in [1.29, 1.82) is 0 Å². The lowest BCUT2D eigenvalue weighted by Gasteiger charge is -2.55. The second-order valence-corrected chi connectivity index (χ2v) is 61.6. The van der Waals surface area contributed by atoms with E-state index in [1.165, 1.54) is 285 Å². The number of carboxylic acids is 1. The van der Waals surface area contributed by atoms with Crippen LogP contribution in [0.15, 0.2) is 0 Å². The molecule has 0 amide bonds. The number of fused-ring (bicyclic) bond motifs is 18. The van der Waals surface area contributed by atoms with Crippen molar-refractivity contribution in [2.24, 2.45) is 45.8 Å². The van der Waals surface area contributed by atoms with Crippen LogP contribution < -0.4 is 0 Å². The molecule has 21 aliphatic rings. The molecule has 21 heterocycles. The summed E-state index contributed by atoms with van der Waals surface area (Å²) in [6, 6.07) is 12.7. The predicted octanol–water partition coefficient (Wildman–Crippen LogP) is 18.7. The van der Waals surface area contributed by atoms with Crippen LogP contribution in [0.2, 0.25) is 0 Å². The number of hydrogen-bond donors (Lipinski definition) is 1. The summed E-state index contributed by atoms with van der Waals surface area (Å²) >= 11 is 0. The number of likely N-dealkylation sites (N-methyl/N-ethyl adjacent to an activating group) is 4. The fraction of sp³-hybridized carbons (Fsp3) is 0.992. The van der Waals surface area contributed by atoms with Crippen LogP contribution in [0.1, 0.15) is 362 Å². The predicted molar refractivity (Wildman–Crippen MR) is 603 cm³/mol. The Morgan fingerprint density at radius 2 is 0.631 bits per heavy atom. The molecule has 21 rings (SSSR count). The van der Waals surface area contributed by atoms with E-state index in [-0.39, 0.29) is 11.5 Å². The minimum Gasteiger partial charge on any atom is -0.481 e. The summed E-state index contributed by atoms with van der Waals surface area (Å²) in [7, 11) is 25.0. The third-order valence-corrected chi connectivity index (χ3v) is 38.8. The molecule has 824 valence electrons. The average Bonchev–Trinajstić information content (AvgIpc) is 1.42. The molecule has 18 atom stereocenters. The van der Waals surface area contributed by atoms with Gasteiger partial charge in [-0.1, -0.05) is 41.5 Å². The zero-order valence-corrected chi connectivity index (χ0v) is 101. The molecular formula is C120H237N19O2. The van der Waals surface area contributed by atoms with Gasteiger partial charge in [0.15, 0.2) is 0 Å². The number of likely N-dealkylation sites (tertiary alicyclic amines) is 10. The topological polar surface area (TPSA) is 98.9 Å². The van der Waals surface area contributed by atoms with Crippen molar-refractivity contribution in [3.63, 3.8) is 0 Å². The van der Waals surface area contributed by atoms with Crippen molar-refractivity contribution in [2.45, 2.75) is 503 Å². The number of rotatable bonds is 5. The fourth-order valence-electron chi connectivity index (χ4n) is 31.5. The second-order valence-electron chi connectivity index (χ2n) is 61.6. The van der Waals surface area contributed by atoms with Crippen LogP contribution in [0.3, 0.4) is 0 Å². The Morgan fingerprint density at radius 1 is 0.291 bits per heavy atom. The van der Waals surface area contributed by atoms with Gasteiger partial charge in [-0.05, 0) is 464 Å². The van der Waals surface area contributed by atoms with E-state index in [1.807, 2.05) is 0 Å². The third-order valence-electron chi connectivity index (χ3n) is 38.8. The first kappa shape index (κ1) is 120. The minimum absolute atomic E-state index is 0.0962. The van der Waals surface area contributed by atoms with E-state index in [0.717, 1.165) is 121 Å². The summed E-state index contributed by atoms with van der Waals surface area (Å²) in [6.07, 6.45) is 32.4. The van der Waals surface area contributed by atoms with Gasteiger partial charge in [0.25, 0.3) is 0 Å². The maximum atomic E-state index is 11.0. The van der Waals surface area contributed by atoms with E-state index in [9.17, 15) is 4.79 Å². The van der Waals surface area contributed by atoms with Crippen LogP contribution in [0.4, 0.5) is 0 Å². The molecule has 0 aromatic heterocycles. The molecule has 0 aromatic carbocycles. The largest absolute Gasteiger partial charge is 0.481 e. The highest BCUT2D eigenvalue weighted by atomic mass is 16.4. The van der Waals surface area contributed by atoms with Crippen molar-refractivity contribution in [3.05, 3.63) is 0 Å². The number of hydrogen-bond acceptors (Lipinski definition) is 20. The van der Waals surface area contributed by atoms with E-state index in [1.54, 1.807) is 0 Å². The Balaban J connectivity index is 0.000000150. The Hall–Kier alpha value is -1.29. The first-order chi connectivity index (χ1) is 64.9. The lowest BCUT2D eigenvalue weighted by Crippen LogP contribution is -2.65. The summed E-state index contributed by atoms with van der Waals surface area (Å²) < 4.78 is 0. The molecule has 0 aliphatic carbocycles. The number of nitrogens with zero attached hydrogens (tertiary/aromatic N) is 19. The first-order valence-corrected chi connectivity index (χ1v) is 58.9. The molecular weight excluding hydrogens is 1740 g/mol. The van der Waals surface area contributed by atoms with Gasteiger partial charge in [0.1, 0.15) is 0 Å². The van der Waals surface area contributed by atoms with Crippen molar-refractivity contribution in [2.75, 3.05) is 222 Å². The Labute approximate surface area is 873 Å². The second kappa shape index (κ2) is 48.2. The molecule has 141 heavy (non-hydrogen) atoms. The van der Waals surface area contributed by atoms with Crippen molar-refractivity contribution >= 4 is 5.97 Å². The van der Waals surface area contributed by atoms with Crippen molar-refractivity contribution in [1.82, 2.24) is 93.1 Å². The van der Waals surface area contributed by atoms with Crippen molar-refractivity contribution in [3.8, 4) is 0 Å². The molecule has 21 heteroatoms. The summed E-state index contributed by atoms with van der Waals surface area (Å²) in [4.78, 5) is 60.4. The lowest BCUT2D eigenvalue weighted by atomic mass is 9.71. The Morgan fingerprint density at radius 3 is 1.01 bits per heavy atom. The smallest absolute Gasteiger partial charge is 0.306 e. The zero-order valence-electron chi connectivity index (χ0n) is 101. The van der Waals surface area contributed by atoms with Crippen LogP contribution in [-0.4, -0.2) is 467 Å². The van der Waals surface area contributed by atoms with Gasteiger partial charge >= 0.3 is 5.97 Å². The Kier molecular flexibility index (Phi) is 41.0. The summed E-state index contributed by atoms with van der Waals surface area (Å²) in [5.74, 6) is 3.07. The van der Waals surface area contributed by atoms with Crippen molar-refractivity contribution < 1.29 is 9.90 Å². The van der Waals surface area contributed by atoms with Crippen LogP contribution in [0.25, 0.3) is 0 Å². The maximum absolute atomic E-state index is 11.0. The fourth-order valence-corrected chi connectivity index (χ4v) is 31.5. The highest BCUT2D eigenvalue weighted by Crippen LogP contribution is 2.48. The molecule has 1 spiro atoms. The maximum Gasteiger partial charge on any atom is 0.306 e. The van der Waals surface area contributed by atoms with Gasteiger partial charge in [-0.15, -0.1) is 0 Å². The van der Waals surface area contributed by atoms with Gasteiger partial charge < -0.3 is 54.1 Å². The molecule has 0 aromatic rings. The van der Waals surface area contributed by atoms with E-state index in [2.05, 4.69) is 378 Å². The lowest BCUT2D eigenvalue weighted by molar-refractivity contribution is -0.145. The van der Waals surface area contributed by atoms with Gasteiger partial charge in [-0.3, -0.25) is 48.9 Å². The van der Waals surface area contributed by atoms with E-state index >= 15 is 0 Å². The van der Waals surface area contributed by atoms with Crippen LogP contribution in [0, 0.1) is 45.8 Å². The quantitative estimate of drug-likeness (QED) is 0.282. The van der Waals surface area contributed by atoms with Crippen LogP contribution >= 0.6 is 0 Å². The number of piperidine rings is 9. The summed E-state index contributed by atoms with van der Waals surface area (Å²) in [6.45, 7) is 98.6. The first-order valence-electron chi connectivity index (χ1n) is 58.9. The minimum atomic E-state index is -0.597. The normalized spacial score (nSPS) is 35.8. The van der Waals surface area contributed by atoms with Gasteiger partial charge in [0.2, 0.25) is 0 Å². The number of carbonyl (C=O) groups is 1. The van der Waals surface area contributed by atoms with Gasteiger partial charge in [-0.25, -0.2) is 0 Å². The molecule has 21 nitrogen and oxygen atoms in total. The molecule has 0 radical (unpaired) electrons. The van der Waals surface area contributed by atoms with E-state index < -0.39 is 5.97 Å². The number of carboxylic acid groups (broad SMARTS) is 1. The summed E-state index contributed by atoms with van der Waals surface area (Å²) in [5.41, 5.74) is 4.34. The zero-order chi connectivity index (χ0) is 105. The standard InChI is InChI=1S/C15H30N2.3C13H26N2.C12H21NO2.4C11H22N2.C10H20N2/c1-14(2,3)13-17-11-7-15(8-12-17)5-9-16(4)10-6-15;1-13(2,3)10-15-8-11-5-12(9-15)7-14(4)6-11;1-13(2,3)15(5)12-8-10-6-7-11(9-12)14(10)4;1-13(2,3)15-10-6-7-11(15)9-12(8-10)14(4)5;1-12(2,3)13-9-4-5-10(13)7-8(6-9)11(14)15;1-11(2,3)13-7-9-5-12(4)6-10(9)8-13;1-11(2,3)13-8-9-5-6-10(13)7-12(9)4;1-11(2,3)13-7-9-5-6-10(8-13)12(9)4;1-11(2,3)13-9-5-6-10(13)8-12(4)7-9;1-10(2,3)12-7-8-5-9(12)6-11(8)4/h5-13H2,1-4H3;11-12H,5-10H2,1-4H3;2*10-12H,6-9H2,1-5H3;8-10H,4-7H2,1-3H3,(H,14,15);4*9-10H,5-8H2,1-4H3;8-9H,5-7H2,1-4H3. The third kappa shape index (κ3) is 33.4. The molecule has 18 unspecified atom stereocenters. The van der Waals surface area contributed by atoms with Gasteiger partial charge in [0, 0.05) is 259 Å². The van der Waals surface area contributed by atoms with Gasteiger partial charge in [0.05, 0.1) is 5.92 Å². The monoisotopic (exact) mass is 1980 g/mol. The number of aliphatic carboxylic acids is 1. The molecule has 1 N–H and O–H groups in total. The highest BCUT2D eigenvalue weighted by Gasteiger charge is 2.53.